The number of carboxylic acid groups (broad SMARTS) is 1. The first-order chi connectivity index (χ1) is 20.0. The fourth-order valence-electron chi connectivity index (χ4n) is 5.31. The molecule has 42 heavy (non-hydrogen) atoms. The Morgan fingerprint density at radius 3 is 2.57 bits per heavy atom. The van der Waals surface area contributed by atoms with Gasteiger partial charge in [-0.05, 0) is 49.1 Å². The number of aromatic nitrogens is 2. The van der Waals surface area contributed by atoms with Crippen molar-refractivity contribution in [3.63, 3.8) is 0 Å². The van der Waals surface area contributed by atoms with Gasteiger partial charge in [0.05, 0.1) is 31.7 Å². The highest BCUT2D eigenvalue weighted by atomic mass is 16.6. The normalized spacial score (nSPS) is 22.3. The summed E-state index contributed by atoms with van der Waals surface area (Å²) in [4.78, 5) is 45.3. The summed E-state index contributed by atoms with van der Waals surface area (Å²) in [5.74, 6) is 0.129. The lowest BCUT2D eigenvalue weighted by Gasteiger charge is -2.27. The molecule has 0 spiro atoms. The number of quaternary nitrogens is 1. The molecule has 1 amide bonds. The van der Waals surface area contributed by atoms with Crippen LogP contribution in [0.15, 0.2) is 18.2 Å². The third-order valence-electron chi connectivity index (χ3n) is 7.87. The molecule has 2 aliphatic rings. The van der Waals surface area contributed by atoms with Crippen LogP contribution in [0.3, 0.4) is 0 Å². The number of methoxy groups -OCH3 is 2. The molecule has 0 unspecified atom stereocenters. The van der Waals surface area contributed by atoms with Gasteiger partial charge in [-0.15, -0.1) is 0 Å². The molecule has 230 valence electrons. The molecule has 2 aromatic rings. The molecule has 1 aliphatic carbocycles. The molecule has 12 heteroatoms. The summed E-state index contributed by atoms with van der Waals surface area (Å²) in [6.07, 6.45) is 4.76. The standard InChI is InChI=1S/C30H42N4O8/c1-30(2,3)25(27(35)36)34-29(38)42-24-13-17(24)9-7-6-8-10-21-26(41-19-15-23(31-16-19)28(37)40-5)33-22-14-18(39-4)11-12-20(22)32-21/h11-12,14,17,19,23-25,31H,6-10,13,15-16H2,1-5H3,(H,34,38)(H,35,36)/p+1/t17-,19-,23+,24-,25-/m1/s1. The molecule has 1 aromatic heterocycles. The number of ether oxygens (including phenoxy) is 4. The van der Waals surface area contributed by atoms with Gasteiger partial charge in [0.25, 0.3) is 0 Å². The number of carbonyl (C=O) groups is 3. The van der Waals surface area contributed by atoms with Crippen LogP contribution < -0.4 is 20.1 Å². The molecule has 12 nitrogen and oxygen atoms in total. The summed E-state index contributed by atoms with van der Waals surface area (Å²) in [6.45, 7) is 5.91. The Labute approximate surface area is 245 Å². The highest BCUT2D eigenvalue weighted by Gasteiger charge is 2.41. The van der Waals surface area contributed by atoms with E-state index in [1.807, 2.05) is 23.5 Å². The molecular formula is C30H43N4O8+. The average molecular weight is 588 g/mol. The van der Waals surface area contributed by atoms with Crippen LogP contribution in [0.4, 0.5) is 4.79 Å². The molecule has 2 fully saturated rings. The summed E-state index contributed by atoms with van der Waals surface area (Å²) in [5.41, 5.74) is 1.60. The number of hydrogen-bond acceptors (Lipinski definition) is 9. The van der Waals surface area contributed by atoms with Crippen molar-refractivity contribution in [2.45, 2.75) is 90.0 Å². The molecule has 5 atom stereocenters. The predicted molar refractivity (Wildman–Crippen MR) is 152 cm³/mol. The highest BCUT2D eigenvalue weighted by Crippen LogP contribution is 2.38. The summed E-state index contributed by atoms with van der Waals surface area (Å²) in [7, 11) is 3.00. The molecule has 4 N–H and O–H groups in total. The van der Waals surface area contributed by atoms with E-state index in [-0.39, 0.29) is 24.2 Å². The van der Waals surface area contributed by atoms with Crippen molar-refractivity contribution in [3.8, 4) is 11.6 Å². The number of aryl methyl sites for hydroxylation is 1. The predicted octanol–water partition coefficient (Wildman–Crippen LogP) is 2.61. The maximum absolute atomic E-state index is 12.2. The Hall–Kier alpha value is -3.67. The van der Waals surface area contributed by atoms with Crippen LogP contribution in [-0.2, 0) is 25.5 Å². The van der Waals surface area contributed by atoms with Gasteiger partial charge in [0.2, 0.25) is 5.88 Å². The quantitative estimate of drug-likeness (QED) is 0.235. The Balaban J connectivity index is 1.27. The van der Waals surface area contributed by atoms with Crippen molar-refractivity contribution in [1.29, 1.82) is 0 Å². The van der Waals surface area contributed by atoms with Gasteiger partial charge in [0, 0.05) is 6.07 Å². The van der Waals surface area contributed by atoms with Gasteiger partial charge in [0.15, 0.2) is 12.1 Å². The number of esters is 1. The zero-order chi connectivity index (χ0) is 30.4. The molecule has 1 aromatic carbocycles. The number of fused-ring (bicyclic) bond motifs is 1. The van der Waals surface area contributed by atoms with Crippen LogP contribution in [0.5, 0.6) is 11.6 Å². The van der Waals surface area contributed by atoms with E-state index < -0.39 is 23.5 Å². The third-order valence-corrected chi connectivity index (χ3v) is 7.87. The SMILES string of the molecule is COC(=O)[C@@H]1C[C@@H](Oc2nc3cc(OC)ccc3nc2CCCCC[C@@H]2C[C@H]2OC(=O)N[C@H](C(=O)O)C(C)(C)C)C[NH2+]1. The Kier molecular flexibility index (Phi) is 10.1. The number of aliphatic carboxylic acids is 1. The van der Waals surface area contributed by atoms with Crippen molar-refractivity contribution in [3.05, 3.63) is 23.9 Å². The van der Waals surface area contributed by atoms with E-state index >= 15 is 0 Å². The van der Waals surface area contributed by atoms with Gasteiger partial charge in [0.1, 0.15) is 30.1 Å². The molecular weight excluding hydrogens is 544 g/mol. The molecule has 1 aliphatic heterocycles. The van der Waals surface area contributed by atoms with Crippen LogP contribution in [0.1, 0.15) is 65.0 Å². The van der Waals surface area contributed by atoms with E-state index in [0.717, 1.165) is 43.3 Å². The largest absolute Gasteiger partial charge is 0.497 e. The van der Waals surface area contributed by atoms with Crippen LogP contribution in [0.2, 0.25) is 0 Å². The Morgan fingerprint density at radius 1 is 1.10 bits per heavy atom. The maximum atomic E-state index is 12.2. The Bertz CT molecular complexity index is 1280. The number of carbonyl (C=O) groups excluding carboxylic acids is 2. The molecule has 0 radical (unpaired) electrons. The van der Waals surface area contributed by atoms with E-state index in [4.69, 9.17) is 28.9 Å². The first-order valence-corrected chi connectivity index (χ1v) is 14.6. The minimum Gasteiger partial charge on any atom is -0.497 e. The summed E-state index contributed by atoms with van der Waals surface area (Å²) in [5, 5.41) is 13.8. The number of nitrogens with two attached hydrogens (primary N) is 1. The second-order valence-corrected chi connectivity index (χ2v) is 12.2. The number of nitrogens with zero attached hydrogens (tertiary/aromatic N) is 2. The molecule has 2 heterocycles. The molecule has 1 saturated heterocycles. The zero-order valence-electron chi connectivity index (χ0n) is 25.1. The van der Waals surface area contributed by atoms with Crippen LogP contribution >= 0.6 is 0 Å². The summed E-state index contributed by atoms with van der Waals surface area (Å²) < 4.78 is 22.0. The minimum absolute atomic E-state index is 0.167. The lowest BCUT2D eigenvalue weighted by atomic mass is 9.87. The van der Waals surface area contributed by atoms with Crippen molar-refractivity contribution in [2.75, 3.05) is 20.8 Å². The first-order valence-electron chi connectivity index (χ1n) is 14.6. The third kappa shape index (κ3) is 8.21. The lowest BCUT2D eigenvalue weighted by Crippen LogP contribution is -2.89. The summed E-state index contributed by atoms with van der Waals surface area (Å²) >= 11 is 0. The van der Waals surface area contributed by atoms with Crippen molar-refractivity contribution < 1.29 is 43.8 Å². The van der Waals surface area contributed by atoms with E-state index in [1.165, 1.54) is 7.11 Å². The van der Waals surface area contributed by atoms with Crippen molar-refractivity contribution in [2.24, 2.45) is 11.3 Å². The smallest absolute Gasteiger partial charge is 0.408 e. The van der Waals surface area contributed by atoms with E-state index in [9.17, 15) is 19.5 Å². The monoisotopic (exact) mass is 587 g/mol. The van der Waals surface area contributed by atoms with Crippen molar-refractivity contribution in [1.82, 2.24) is 15.3 Å². The fourth-order valence-corrected chi connectivity index (χ4v) is 5.31. The number of rotatable bonds is 13. The van der Waals surface area contributed by atoms with E-state index in [1.54, 1.807) is 27.9 Å². The second kappa shape index (κ2) is 13.5. The second-order valence-electron chi connectivity index (χ2n) is 12.2. The number of carboxylic acids is 1. The van der Waals surface area contributed by atoms with E-state index in [2.05, 4.69) is 5.32 Å². The van der Waals surface area contributed by atoms with Crippen molar-refractivity contribution >= 4 is 29.1 Å². The minimum atomic E-state index is -1.08. The number of alkyl carbamates (subject to hydrolysis) is 1. The number of unbranched alkanes of at least 4 members (excludes halogenated alkanes) is 2. The van der Waals surface area contributed by atoms with Gasteiger partial charge in [-0.1, -0.05) is 33.6 Å². The Morgan fingerprint density at radius 2 is 1.88 bits per heavy atom. The van der Waals surface area contributed by atoms with Gasteiger partial charge >= 0.3 is 18.0 Å². The maximum Gasteiger partial charge on any atom is 0.408 e. The van der Waals surface area contributed by atoms with Crippen LogP contribution in [-0.4, -0.2) is 78.2 Å². The zero-order valence-corrected chi connectivity index (χ0v) is 25.1. The summed E-state index contributed by atoms with van der Waals surface area (Å²) in [6, 6.07) is 4.27. The fraction of sp³-hybridized carbons (Fsp3) is 0.633. The number of nitrogens with one attached hydrogen (secondary N) is 1. The molecule has 4 rings (SSSR count). The van der Waals surface area contributed by atoms with Gasteiger partial charge in [-0.2, -0.15) is 0 Å². The van der Waals surface area contributed by atoms with Gasteiger partial charge < -0.3 is 34.7 Å². The number of benzene rings is 1. The highest BCUT2D eigenvalue weighted by molar-refractivity contribution is 5.81. The van der Waals surface area contributed by atoms with Gasteiger partial charge in [-0.3, -0.25) is 0 Å². The first kappa shape index (κ1) is 31.3. The van der Waals surface area contributed by atoms with E-state index in [0.29, 0.717) is 42.5 Å². The topological polar surface area (TPSA) is 163 Å². The van der Waals surface area contributed by atoms with Crippen LogP contribution in [0, 0.1) is 11.3 Å². The van der Waals surface area contributed by atoms with Crippen LogP contribution in [0.25, 0.3) is 11.0 Å². The number of hydrogen-bond donors (Lipinski definition) is 3. The average Bonchev–Trinajstić information content (AvgIpc) is 3.50. The molecule has 1 saturated carbocycles. The number of amides is 1. The van der Waals surface area contributed by atoms with Gasteiger partial charge in [-0.25, -0.2) is 24.4 Å². The molecule has 0 bridgehead atoms. The lowest BCUT2D eigenvalue weighted by molar-refractivity contribution is -0.660.